The molecule has 1 fully saturated rings. The molecule has 0 bridgehead atoms. The number of alkyl halides is 3. The highest BCUT2D eigenvalue weighted by atomic mass is 19.4. The Balaban J connectivity index is 2.41. The van der Waals surface area contributed by atoms with Crippen molar-refractivity contribution in [2.24, 2.45) is 17.6 Å². The third kappa shape index (κ3) is 4.15. The largest absolute Gasteiger partial charge is 0.391 e. The predicted octanol–water partition coefficient (Wildman–Crippen LogP) is 2.16. The van der Waals surface area contributed by atoms with Crippen molar-refractivity contribution in [2.75, 3.05) is 13.1 Å². The maximum absolute atomic E-state index is 12.5. The number of amides is 1. The van der Waals surface area contributed by atoms with Gasteiger partial charge in [-0.3, -0.25) is 4.79 Å². The Morgan fingerprint density at radius 3 is 2.22 bits per heavy atom. The van der Waals surface area contributed by atoms with E-state index < -0.39 is 12.1 Å². The van der Waals surface area contributed by atoms with E-state index in [0.29, 0.717) is 0 Å². The van der Waals surface area contributed by atoms with Gasteiger partial charge in [-0.05, 0) is 18.8 Å². The molecule has 1 unspecified atom stereocenters. The number of hydrogen-bond acceptors (Lipinski definition) is 2. The second-order valence-electron chi connectivity index (χ2n) is 5.31. The highest BCUT2D eigenvalue weighted by Gasteiger charge is 2.41. The van der Waals surface area contributed by atoms with Crippen molar-refractivity contribution in [1.29, 1.82) is 0 Å². The monoisotopic (exact) mass is 266 g/mol. The van der Waals surface area contributed by atoms with Gasteiger partial charge in [-0.2, -0.15) is 13.2 Å². The van der Waals surface area contributed by atoms with Crippen molar-refractivity contribution in [1.82, 2.24) is 4.90 Å². The third-order valence-electron chi connectivity index (χ3n) is 3.58. The van der Waals surface area contributed by atoms with E-state index in [1.54, 1.807) is 0 Å². The van der Waals surface area contributed by atoms with Gasteiger partial charge in [0, 0.05) is 25.6 Å². The van der Waals surface area contributed by atoms with Crippen LogP contribution in [0.15, 0.2) is 0 Å². The number of likely N-dealkylation sites (tertiary alicyclic amines) is 1. The highest BCUT2D eigenvalue weighted by Crippen LogP contribution is 2.34. The molecule has 1 heterocycles. The number of hydrogen-bond donors (Lipinski definition) is 1. The molecule has 3 nitrogen and oxygen atoms in total. The van der Waals surface area contributed by atoms with Gasteiger partial charge in [-0.1, -0.05) is 13.8 Å². The zero-order valence-corrected chi connectivity index (χ0v) is 10.8. The molecule has 1 rings (SSSR count). The van der Waals surface area contributed by atoms with Crippen molar-refractivity contribution >= 4 is 5.91 Å². The summed E-state index contributed by atoms with van der Waals surface area (Å²) >= 11 is 0. The maximum Gasteiger partial charge on any atom is 0.391 e. The first-order chi connectivity index (χ1) is 8.21. The second kappa shape index (κ2) is 5.91. The van der Waals surface area contributed by atoms with E-state index in [2.05, 4.69) is 0 Å². The molecular weight excluding hydrogens is 245 g/mol. The molecule has 0 aromatic heterocycles. The van der Waals surface area contributed by atoms with Gasteiger partial charge < -0.3 is 10.6 Å². The summed E-state index contributed by atoms with van der Waals surface area (Å²) in [5.74, 6) is -1.20. The molecular formula is C12H21F3N2O. The third-order valence-corrected chi connectivity index (χ3v) is 3.58. The van der Waals surface area contributed by atoms with Crippen LogP contribution in [-0.2, 0) is 4.79 Å². The van der Waals surface area contributed by atoms with Crippen molar-refractivity contribution in [3.63, 3.8) is 0 Å². The Kier molecular flexibility index (Phi) is 5.01. The Morgan fingerprint density at radius 2 is 1.83 bits per heavy atom. The normalized spacial score (nSPS) is 20.3. The van der Waals surface area contributed by atoms with Crippen LogP contribution in [0.3, 0.4) is 0 Å². The van der Waals surface area contributed by atoms with Crippen LogP contribution < -0.4 is 5.73 Å². The average Bonchev–Trinajstić information content (AvgIpc) is 2.27. The quantitative estimate of drug-likeness (QED) is 0.851. The minimum absolute atomic E-state index is 0.00611. The summed E-state index contributed by atoms with van der Waals surface area (Å²) in [5.41, 5.74) is 5.79. The van der Waals surface area contributed by atoms with Crippen molar-refractivity contribution in [3.8, 4) is 0 Å². The Morgan fingerprint density at radius 1 is 1.33 bits per heavy atom. The summed E-state index contributed by atoms with van der Waals surface area (Å²) in [6.07, 6.45) is -3.91. The first kappa shape index (κ1) is 15.3. The lowest BCUT2D eigenvalue weighted by Crippen LogP contribution is -2.44. The fourth-order valence-electron chi connectivity index (χ4n) is 2.02. The van der Waals surface area contributed by atoms with Crippen molar-refractivity contribution in [3.05, 3.63) is 0 Å². The summed E-state index contributed by atoms with van der Waals surface area (Å²) in [5, 5.41) is 0. The summed E-state index contributed by atoms with van der Waals surface area (Å²) in [6.45, 7) is 4.23. The molecule has 1 saturated heterocycles. The van der Waals surface area contributed by atoms with Crippen LogP contribution in [-0.4, -0.2) is 36.1 Å². The first-order valence-corrected chi connectivity index (χ1v) is 6.32. The molecule has 1 amide bonds. The van der Waals surface area contributed by atoms with Gasteiger partial charge in [-0.25, -0.2) is 0 Å². The Hall–Kier alpha value is -0.780. The van der Waals surface area contributed by atoms with Gasteiger partial charge in [0.2, 0.25) is 5.91 Å². The molecule has 0 radical (unpaired) electrons. The molecule has 2 N–H and O–H groups in total. The molecule has 1 aliphatic rings. The first-order valence-electron chi connectivity index (χ1n) is 6.32. The molecule has 106 valence electrons. The molecule has 0 aliphatic carbocycles. The highest BCUT2D eigenvalue weighted by molar-refractivity contribution is 5.76. The number of nitrogens with zero attached hydrogens (tertiary/aromatic N) is 1. The van der Waals surface area contributed by atoms with Crippen molar-refractivity contribution in [2.45, 2.75) is 45.3 Å². The minimum atomic E-state index is -4.14. The molecule has 1 aliphatic heterocycles. The lowest BCUT2D eigenvalue weighted by molar-refractivity contribution is -0.186. The molecule has 6 heteroatoms. The lowest BCUT2D eigenvalue weighted by atomic mass is 9.95. The van der Waals surface area contributed by atoms with E-state index in [9.17, 15) is 18.0 Å². The zero-order valence-electron chi connectivity index (χ0n) is 10.8. The summed E-state index contributed by atoms with van der Waals surface area (Å²) in [4.78, 5) is 13.3. The van der Waals surface area contributed by atoms with Gasteiger partial charge in [0.05, 0.1) is 5.92 Å². The molecule has 0 saturated carbocycles. The van der Waals surface area contributed by atoms with E-state index in [-0.39, 0.29) is 50.2 Å². The number of rotatable bonds is 3. The topological polar surface area (TPSA) is 46.3 Å². The fraction of sp³-hybridized carbons (Fsp3) is 0.917. The molecule has 18 heavy (non-hydrogen) atoms. The van der Waals surface area contributed by atoms with Crippen LogP contribution >= 0.6 is 0 Å². The second-order valence-corrected chi connectivity index (χ2v) is 5.31. The Labute approximate surface area is 106 Å². The van der Waals surface area contributed by atoms with Crippen LogP contribution in [0.25, 0.3) is 0 Å². The number of halogens is 3. The van der Waals surface area contributed by atoms with Crippen molar-refractivity contribution < 1.29 is 18.0 Å². The van der Waals surface area contributed by atoms with Gasteiger partial charge >= 0.3 is 6.18 Å². The minimum Gasteiger partial charge on any atom is -0.343 e. The van der Waals surface area contributed by atoms with Gasteiger partial charge in [0.25, 0.3) is 0 Å². The predicted molar refractivity (Wildman–Crippen MR) is 62.8 cm³/mol. The summed E-state index contributed by atoms with van der Waals surface area (Å²) < 4.78 is 37.4. The van der Waals surface area contributed by atoms with Crippen LogP contribution in [0.4, 0.5) is 13.2 Å². The van der Waals surface area contributed by atoms with E-state index >= 15 is 0 Å². The number of carbonyl (C=O) groups excluding carboxylic acids is 1. The number of nitrogens with two attached hydrogens (primary N) is 1. The number of piperidine rings is 1. The van der Waals surface area contributed by atoms with Gasteiger partial charge in [-0.15, -0.1) is 0 Å². The lowest BCUT2D eigenvalue weighted by Gasteiger charge is -2.33. The number of carbonyl (C=O) groups is 1. The van der Waals surface area contributed by atoms with Crippen LogP contribution in [0.5, 0.6) is 0 Å². The van der Waals surface area contributed by atoms with Crippen LogP contribution in [0.2, 0.25) is 0 Å². The SMILES string of the molecule is CC(C)C(N)CC(=O)N1CCC(C(F)(F)F)CC1. The van der Waals surface area contributed by atoms with Crippen LogP contribution in [0.1, 0.15) is 33.1 Å². The molecule has 1 atom stereocenters. The standard InChI is InChI=1S/C12H21F3N2O/c1-8(2)10(16)7-11(18)17-5-3-9(4-6-17)12(13,14)15/h8-10H,3-7,16H2,1-2H3. The summed E-state index contributed by atoms with van der Waals surface area (Å²) in [7, 11) is 0. The van der Waals surface area contributed by atoms with Gasteiger partial charge in [0.1, 0.15) is 0 Å². The van der Waals surface area contributed by atoms with E-state index in [4.69, 9.17) is 5.73 Å². The average molecular weight is 266 g/mol. The van der Waals surface area contributed by atoms with Crippen LogP contribution in [0, 0.1) is 11.8 Å². The fourth-order valence-corrected chi connectivity index (χ4v) is 2.02. The summed E-state index contributed by atoms with van der Waals surface area (Å²) in [6, 6.07) is -0.224. The zero-order chi connectivity index (χ0) is 13.9. The molecule has 0 aromatic carbocycles. The van der Waals surface area contributed by atoms with E-state index in [0.717, 1.165) is 0 Å². The van der Waals surface area contributed by atoms with Gasteiger partial charge in [0.15, 0.2) is 0 Å². The smallest absolute Gasteiger partial charge is 0.343 e. The maximum atomic E-state index is 12.5. The molecule has 0 spiro atoms. The van der Waals surface area contributed by atoms with E-state index in [1.807, 2.05) is 13.8 Å². The van der Waals surface area contributed by atoms with E-state index in [1.165, 1.54) is 4.90 Å². The molecule has 0 aromatic rings. The Bertz CT molecular complexity index is 284.